The van der Waals surface area contributed by atoms with E-state index >= 15 is 0 Å². The van der Waals surface area contributed by atoms with Crippen LogP contribution in [0.4, 0.5) is 4.39 Å². The lowest BCUT2D eigenvalue weighted by atomic mass is 9.75. The smallest absolute Gasteiger partial charge is 0.123 e. The van der Waals surface area contributed by atoms with Crippen LogP contribution >= 0.6 is 0 Å². The first-order chi connectivity index (χ1) is 16.1. The van der Waals surface area contributed by atoms with Gasteiger partial charge in [-0.3, -0.25) is 0 Å². The van der Waals surface area contributed by atoms with Crippen molar-refractivity contribution in [2.45, 2.75) is 83.5 Å². The number of aryl methyl sites for hydroxylation is 3. The second-order valence-corrected chi connectivity index (χ2v) is 10.5. The minimum atomic E-state index is -0.175. The summed E-state index contributed by atoms with van der Waals surface area (Å²) >= 11 is 0. The molecular formula is C30H41FN2. The van der Waals surface area contributed by atoms with Crippen molar-refractivity contribution >= 4 is 6.21 Å². The van der Waals surface area contributed by atoms with E-state index in [0.717, 1.165) is 49.8 Å². The third kappa shape index (κ3) is 6.53. The van der Waals surface area contributed by atoms with Crippen LogP contribution < -0.4 is 5.32 Å². The summed E-state index contributed by atoms with van der Waals surface area (Å²) in [6.45, 7) is 4.47. The molecule has 0 radical (unpaired) electrons. The molecule has 3 heteroatoms. The summed E-state index contributed by atoms with van der Waals surface area (Å²) in [5, 5.41) is 11.9. The van der Waals surface area contributed by atoms with Gasteiger partial charge in [-0.2, -0.15) is 0 Å². The van der Waals surface area contributed by atoms with Gasteiger partial charge in [0.25, 0.3) is 0 Å². The Balaban J connectivity index is 1.50. The van der Waals surface area contributed by atoms with Gasteiger partial charge in [0.15, 0.2) is 0 Å². The number of nitrogens with one attached hydrogen (secondary N) is 2. The van der Waals surface area contributed by atoms with Crippen LogP contribution in [0.25, 0.3) is 0 Å². The Morgan fingerprint density at radius 3 is 2.52 bits per heavy atom. The molecule has 2 aliphatic rings. The number of hydrogen-bond donors (Lipinski definition) is 2. The summed E-state index contributed by atoms with van der Waals surface area (Å²) in [7, 11) is 0. The summed E-state index contributed by atoms with van der Waals surface area (Å²) in [4.78, 5) is 0. The van der Waals surface area contributed by atoms with Gasteiger partial charge in [-0.1, -0.05) is 50.3 Å². The molecule has 4 rings (SSSR count). The molecule has 2 N–H and O–H groups in total. The molecule has 2 nitrogen and oxygen atoms in total. The first-order valence-corrected chi connectivity index (χ1v) is 13.2. The van der Waals surface area contributed by atoms with Crippen molar-refractivity contribution in [1.82, 2.24) is 5.32 Å². The molecule has 33 heavy (non-hydrogen) atoms. The SMILES string of the molecule is Cc1cc(CCCc2ccc(F)cc2)c(C=N)cc1[C@@H]1CNCCCCC1CC1CCCC1. The highest BCUT2D eigenvalue weighted by Crippen LogP contribution is 2.40. The predicted octanol–water partition coefficient (Wildman–Crippen LogP) is 7.36. The molecule has 2 aromatic rings. The predicted molar refractivity (Wildman–Crippen MR) is 137 cm³/mol. The van der Waals surface area contributed by atoms with Crippen LogP contribution in [0.2, 0.25) is 0 Å². The largest absolute Gasteiger partial charge is 0.316 e. The number of rotatable bonds is 8. The van der Waals surface area contributed by atoms with Crippen molar-refractivity contribution in [3.05, 3.63) is 70.0 Å². The van der Waals surface area contributed by atoms with E-state index in [1.54, 1.807) is 18.3 Å². The van der Waals surface area contributed by atoms with Crippen molar-refractivity contribution in [2.24, 2.45) is 11.8 Å². The maximum Gasteiger partial charge on any atom is 0.123 e. The zero-order valence-corrected chi connectivity index (χ0v) is 20.3. The van der Waals surface area contributed by atoms with E-state index in [4.69, 9.17) is 5.41 Å². The van der Waals surface area contributed by atoms with Crippen LogP contribution in [-0.2, 0) is 12.8 Å². The van der Waals surface area contributed by atoms with Gasteiger partial charge in [0.05, 0.1) is 0 Å². The standard InChI is InChI=1S/C30H41FN2/c1-22-17-25(11-6-9-23-12-14-28(31)15-13-23)27(20-32)19-29(22)30-21-33-16-5-4-10-26(30)18-24-7-2-3-8-24/h12-15,17,19-20,24,26,30,32-33H,2-11,16,18,21H2,1H3/t26?,30-/m1/s1. The molecular weight excluding hydrogens is 407 g/mol. The summed E-state index contributed by atoms with van der Waals surface area (Å²) < 4.78 is 13.2. The van der Waals surface area contributed by atoms with Crippen LogP contribution in [0.5, 0.6) is 0 Å². The average Bonchev–Trinajstić information content (AvgIpc) is 3.31. The Hall–Kier alpha value is -2.00. The van der Waals surface area contributed by atoms with Gasteiger partial charge in [0.1, 0.15) is 5.82 Å². The molecule has 178 valence electrons. The minimum Gasteiger partial charge on any atom is -0.316 e. The van der Waals surface area contributed by atoms with Gasteiger partial charge in [0, 0.05) is 12.8 Å². The van der Waals surface area contributed by atoms with E-state index in [2.05, 4.69) is 24.4 Å². The fraction of sp³-hybridized carbons (Fsp3) is 0.567. The molecule has 2 fully saturated rings. The Kier molecular flexibility index (Phi) is 8.72. The molecule has 1 unspecified atom stereocenters. The molecule has 0 aromatic heterocycles. The van der Waals surface area contributed by atoms with Gasteiger partial charge >= 0.3 is 0 Å². The molecule has 2 atom stereocenters. The number of halogens is 1. The van der Waals surface area contributed by atoms with Crippen LogP contribution in [0.3, 0.4) is 0 Å². The highest BCUT2D eigenvalue weighted by atomic mass is 19.1. The van der Waals surface area contributed by atoms with E-state index in [0.29, 0.717) is 5.92 Å². The van der Waals surface area contributed by atoms with Crippen molar-refractivity contribution < 1.29 is 4.39 Å². The van der Waals surface area contributed by atoms with Crippen molar-refractivity contribution in [2.75, 3.05) is 13.1 Å². The molecule has 1 aliphatic heterocycles. The summed E-state index contributed by atoms with van der Waals surface area (Å²) in [6.07, 6.45) is 15.5. The Bertz CT molecular complexity index is 898. The van der Waals surface area contributed by atoms with E-state index < -0.39 is 0 Å². The van der Waals surface area contributed by atoms with Crippen molar-refractivity contribution in [1.29, 1.82) is 5.41 Å². The molecule has 0 amide bonds. The van der Waals surface area contributed by atoms with Gasteiger partial charge < -0.3 is 10.7 Å². The summed E-state index contributed by atoms with van der Waals surface area (Å²) in [6, 6.07) is 11.5. The quantitative estimate of drug-likeness (QED) is 0.407. The summed E-state index contributed by atoms with van der Waals surface area (Å²) in [5.74, 6) is 2.05. The highest BCUT2D eigenvalue weighted by Gasteiger charge is 2.29. The van der Waals surface area contributed by atoms with Gasteiger partial charge in [-0.05, 0) is 116 Å². The lowest BCUT2D eigenvalue weighted by molar-refractivity contribution is 0.278. The van der Waals surface area contributed by atoms with Gasteiger partial charge in [0.2, 0.25) is 0 Å². The van der Waals surface area contributed by atoms with Crippen LogP contribution in [0, 0.1) is 30.0 Å². The topological polar surface area (TPSA) is 35.9 Å². The first kappa shape index (κ1) is 24.1. The van der Waals surface area contributed by atoms with E-state index in [1.165, 1.54) is 73.6 Å². The highest BCUT2D eigenvalue weighted by molar-refractivity contribution is 5.80. The zero-order chi connectivity index (χ0) is 23.0. The zero-order valence-electron chi connectivity index (χ0n) is 20.3. The van der Waals surface area contributed by atoms with Crippen LogP contribution in [-0.4, -0.2) is 19.3 Å². The molecule has 2 aromatic carbocycles. The maximum atomic E-state index is 13.2. The van der Waals surface area contributed by atoms with Gasteiger partial charge in [-0.15, -0.1) is 0 Å². The van der Waals surface area contributed by atoms with E-state index in [1.807, 2.05) is 12.1 Å². The van der Waals surface area contributed by atoms with Crippen molar-refractivity contribution in [3.8, 4) is 0 Å². The molecule has 1 saturated carbocycles. The van der Waals surface area contributed by atoms with E-state index in [9.17, 15) is 4.39 Å². The second kappa shape index (κ2) is 11.9. The molecule has 1 heterocycles. The monoisotopic (exact) mass is 448 g/mol. The molecule has 0 spiro atoms. The average molecular weight is 449 g/mol. The van der Waals surface area contributed by atoms with Crippen LogP contribution in [0.1, 0.15) is 91.5 Å². The minimum absolute atomic E-state index is 0.175. The third-order valence-electron chi connectivity index (χ3n) is 8.13. The van der Waals surface area contributed by atoms with Crippen LogP contribution in [0.15, 0.2) is 36.4 Å². The number of benzene rings is 2. The lowest BCUT2D eigenvalue weighted by Gasteiger charge is -2.33. The molecule has 1 aliphatic carbocycles. The Labute approximate surface area is 199 Å². The Morgan fingerprint density at radius 2 is 1.76 bits per heavy atom. The maximum absolute atomic E-state index is 13.2. The number of hydrogen-bond acceptors (Lipinski definition) is 2. The lowest BCUT2D eigenvalue weighted by Crippen LogP contribution is -2.31. The van der Waals surface area contributed by atoms with Gasteiger partial charge in [-0.25, -0.2) is 4.39 Å². The first-order valence-electron chi connectivity index (χ1n) is 13.2. The fourth-order valence-corrected chi connectivity index (χ4v) is 6.29. The fourth-order valence-electron chi connectivity index (χ4n) is 6.29. The normalized spacial score (nSPS) is 22.1. The Morgan fingerprint density at radius 1 is 1.00 bits per heavy atom. The van der Waals surface area contributed by atoms with E-state index in [-0.39, 0.29) is 5.82 Å². The molecule has 1 saturated heterocycles. The summed E-state index contributed by atoms with van der Waals surface area (Å²) in [5.41, 5.74) is 6.39. The third-order valence-corrected chi connectivity index (χ3v) is 8.13. The van der Waals surface area contributed by atoms with Crippen molar-refractivity contribution in [3.63, 3.8) is 0 Å². The molecule has 0 bridgehead atoms. The second-order valence-electron chi connectivity index (χ2n) is 10.5.